The molecule has 21 heavy (non-hydrogen) atoms. The smallest absolute Gasteiger partial charge is 0.267 e. The molecule has 0 aromatic heterocycles. The molecule has 0 spiro atoms. The minimum atomic E-state index is -0.517. The van der Waals surface area contributed by atoms with E-state index in [1.807, 2.05) is 24.3 Å². The number of rotatable bonds is 4. The summed E-state index contributed by atoms with van der Waals surface area (Å²) in [7, 11) is 0. The summed E-state index contributed by atoms with van der Waals surface area (Å²) in [6, 6.07) is 12.9. The van der Waals surface area contributed by atoms with Gasteiger partial charge in [-0.15, -0.1) is 0 Å². The topological polar surface area (TPSA) is 84.6 Å². The van der Waals surface area contributed by atoms with Gasteiger partial charge in [-0.25, -0.2) is 5.43 Å². The number of hydrazone groups is 1. The van der Waals surface area contributed by atoms with Crippen LogP contribution < -0.4 is 5.43 Å². The molecule has 0 radical (unpaired) electrons. The highest BCUT2D eigenvalue weighted by molar-refractivity contribution is 14.1. The van der Waals surface area contributed by atoms with Crippen LogP contribution in [0.1, 0.15) is 15.9 Å². The number of amides is 1. The van der Waals surface area contributed by atoms with Gasteiger partial charge >= 0.3 is 0 Å². The van der Waals surface area contributed by atoms with E-state index in [4.69, 9.17) is 0 Å². The second-order valence-electron chi connectivity index (χ2n) is 4.05. The van der Waals surface area contributed by atoms with Gasteiger partial charge in [0.25, 0.3) is 11.6 Å². The van der Waals surface area contributed by atoms with Crippen molar-refractivity contribution in [2.75, 3.05) is 0 Å². The Hall–Kier alpha value is -2.29. The molecule has 1 N–H and O–H groups in total. The van der Waals surface area contributed by atoms with Crippen molar-refractivity contribution in [3.05, 3.63) is 73.3 Å². The van der Waals surface area contributed by atoms with Crippen LogP contribution in [0.15, 0.2) is 53.6 Å². The van der Waals surface area contributed by atoms with Gasteiger partial charge in [-0.3, -0.25) is 14.9 Å². The van der Waals surface area contributed by atoms with Gasteiger partial charge in [0.15, 0.2) is 0 Å². The van der Waals surface area contributed by atoms with Gasteiger partial charge in [0.2, 0.25) is 0 Å². The maximum absolute atomic E-state index is 11.8. The summed E-state index contributed by atoms with van der Waals surface area (Å²) < 4.78 is 1.11. The fourth-order valence-electron chi connectivity index (χ4n) is 1.51. The van der Waals surface area contributed by atoms with Crippen molar-refractivity contribution in [2.45, 2.75) is 0 Å². The first-order valence-electron chi connectivity index (χ1n) is 5.90. The molecule has 0 fully saturated rings. The van der Waals surface area contributed by atoms with Crippen molar-refractivity contribution < 1.29 is 9.72 Å². The second kappa shape index (κ2) is 6.93. The number of hydrogen-bond acceptors (Lipinski definition) is 4. The van der Waals surface area contributed by atoms with Crippen LogP contribution in [0.3, 0.4) is 0 Å². The van der Waals surface area contributed by atoms with Gasteiger partial charge in [-0.05, 0) is 52.4 Å². The minimum Gasteiger partial charge on any atom is -0.267 e. The largest absolute Gasteiger partial charge is 0.271 e. The molecular weight excluding hydrogens is 385 g/mol. The van der Waals surface area contributed by atoms with Crippen molar-refractivity contribution >= 4 is 40.4 Å². The van der Waals surface area contributed by atoms with Crippen molar-refractivity contribution in [2.24, 2.45) is 5.10 Å². The lowest BCUT2D eigenvalue weighted by Crippen LogP contribution is -2.17. The van der Waals surface area contributed by atoms with E-state index in [1.165, 1.54) is 30.5 Å². The molecule has 0 aliphatic heterocycles. The number of nitro groups is 1. The summed E-state index contributed by atoms with van der Waals surface area (Å²) in [5.41, 5.74) is 3.47. The lowest BCUT2D eigenvalue weighted by molar-refractivity contribution is -0.384. The Labute approximate surface area is 134 Å². The number of carbonyl (C=O) groups is 1. The third-order valence-electron chi connectivity index (χ3n) is 2.59. The van der Waals surface area contributed by atoms with Gasteiger partial charge in [-0.2, -0.15) is 5.10 Å². The Morgan fingerprint density at radius 1 is 1.14 bits per heavy atom. The van der Waals surface area contributed by atoms with Crippen molar-refractivity contribution in [3.8, 4) is 0 Å². The zero-order valence-electron chi connectivity index (χ0n) is 10.7. The fraction of sp³-hybridized carbons (Fsp3) is 0. The number of halogens is 1. The summed E-state index contributed by atoms with van der Waals surface area (Å²) in [5.74, 6) is -0.424. The molecule has 0 saturated heterocycles. The monoisotopic (exact) mass is 395 g/mol. The van der Waals surface area contributed by atoms with Crippen molar-refractivity contribution in [1.82, 2.24) is 5.43 Å². The number of benzene rings is 2. The molecule has 1 amide bonds. The highest BCUT2D eigenvalue weighted by Gasteiger charge is 2.08. The molecule has 0 saturated carbocycles. The van der Waals surface area contributed by atoms with Crippen LogP contribution in [0, 0.1) is 13.7 Å². The Kier molecular flexibility index (Phi) is 4.99. The van der Waals surface area contributed by atoms with Crippen LogP contribution in [0.4, 0.5) is 5.69 Å². The summed E-state index contributed by atoms with van der Waals surface area (Å²) in [4.78, 5) is 21.8. The number of hydrogen-bond donors (Lipinski definition) is 1. The molecule has 106 valence electrons. The third-order valence-corrected chi connectivity index (χ3v) is 3.31. The molecular formula is C14H10IN3O3. The van der Waals surface area contributed by atoms with Gasteiger partial charge < -0.3 is 0 Å². The maximum atomic E-state index is 11.8. The van der Waals surface area contributed by atoms with Gasteiger partial charge in [0.05, 0.1) is 11.1 Å². The van der Waals surface area contributed by atoms with Crippen LogP contribution in [-0.4, -0.2) is 17.0 Å². The molecule has 0 bridgehead atoms. The first kappa shape index (κ1) is 15.1. The van der Waals surface area contributed by atoms with Crippen molar-refractivity contribution in [1.29, 1.82) is 0 Å². The third kappa shape index (κ3) is 4.35. The van der Waals surface area contributed by atoms with E-state index >= 15 is 0 Å². The lowest BCUT2D eigenvalue weighted by Gasteiger charge is -1.99. The van der Waals surface area contributed by atoms with Crippen LogP contribution in [0.5, 0.6) is 0 Å². The zero-order chi connectivity index (χ0) is 15.2. The lowest BCUT2D eigenvalue weighted by atomic mass is 10.2. The SMILES string of the molecule is O=C(N/N=C/c1ccc(I)cc1)c1ccc([N+](=O)[O-])cc1. The standard InChI is InChI=1S/C14H10IN3O3/c15-12-5-1-10(2-6-12)9-16-17-14(19)11-3-7-13(8-4-11)18(20)21/h1-9H,(H,17,19)/b16-9+. The van der Waals surface area contributed by atoms with Crippen molar-refractivity contribution in [3.63, 3.8) is 0 Å². The van der Waals surface area contributed by atoms with E-state index in [-0.39, 0.29) is 5.69 Å². The van der Waals surface area contributed by atoms with Crippen LogP contribution in [0.2, 0.25) is 0 Å². The van der Waals surface area contributed by atoms with Crippen LogP contribution >= 0.6 is 22.6 Å². The van der Waals surface area contributed by atoms with Gasteiger partial charge in [-0.1, -0.05) is 12.1 Å². The summed E-state index contributed by atoms with van der Waals surface area (Å²) in [6.45, 7) is 0. The maximum Gasteiger partial charge on any atom is 0.271 e. The van der Waals surface area contributed by atoms with E-state index in [0.29, 0.717) is 5.56 Å². The molecule has 0 heterocycles. The summed E-state index contributed by atoms with van der Waals surface area (Å²) in [5, 5.41) is 14.4. The molecule has 6 nitrogen and oxygen atoms in total. The number of nitrogens with one attached hydrogen (secondary N) is 1. The predicted molar refractivity (Wildman–Crippen MR) is 87.3 cm³/mol. The second-order valence-corrected chi connectivity index (χ2v) is 5.30. The molecule has 0 aliphatic carbocycles. The number of non-ortho nitro benzene ring substituents is 1. The normalized spacial score (nSPS) is 10.5. The minimum absolute atomic E-state index is 0.0612. The van der Waals surface area contributed by atoms with E-state index in [9.17, 15) is 14.9 Å². The Bertz CT molecular complexity index is 682. The first-order chi connectivity index (χ1) is 10.1. The quantitative estimate of drug-likeness (QED) is 0.374. The molecule has 7 heteroatoms. The fourth-order valence-corrected chi connectivity index (χ4v) is 1.87. The number of carbonyl (C=O) groups excluding carboxylic acids is 1. The van der Waals surface area contributed by atoms with E-state index < -0.39 is 10.8 Å². The highest BCUT2D eigenvalue weighted by atomic mass is 127. The molecule has 2 aromatic rings. The molecule has 2 aromatic carbocycles. The van der Waals surface area contributed by atoms with E-state index in [1.54, 1.807) is 0 Å². The van der Waals surface area contributed by atoms with Crippen LogP contribution in [-0.2, 0) is 0 Å². The molecule has 2 rings (SSSR count). The van der Waals surface area contributed by atoms with Gasteiger partial charge in [0, 0.05) is 21.3 Å². The van der Waals surface area contributed by atoms with E-state index in [2.05, 4.69) is 33.1 Å². The molecule has 0 aliphatic rings. The first-order valence-corrected chi connectivity index (χ1v) is 6.97. The zero-order valence-corrected chi connectivity index (χ0v) is 12.9. The number of nitrogens with zero attached hydrogens (tertiary/aromatic N) is 2. The molecule has 0 unspecified atom stereocenters. The Morgan fingerprint density at radius 3 is 2.33 bits per heavy atom. The predicted octanol–water partition coefficient (Wildman–Crippen LogP) is 2.96. The summed E-state index contributed by atoms with van der Waals surface area (Å²) in [6.07, 6.45) is 1.53. The average Bonchev–Trinajstić information content (AvgIpc) is 2.49. The van der Waals surface area contributed by atoms with E-state index in [0.717, 1.165) is 9.13 Å². The van der Waals surface area contributed by atoms with Gasteiger partial charge in [0.1, 0.15) is 0 Å². The Morgan fingerprint density at radius 2 is 1.76 bits per heavy atom. The van der Waals surface area contributed by atoms with Crippen LogP contribution in [0.25, 0.3) is 0 Å². The average molecular weight is 395 g/mol. The summed E-state index contributed by atoms with van der Waals surface area (Å²) >= 11 is 2.20. The highest BCUT2D eigenvalue weighted by Crippen LogP contribution is 2.11. The number of nitro benzene ring substituents is 1. The Balaban J connectivity index is 1.98. The molecule has 0 atom stereocenters.